The zero-order valence-electron chi connectivity index (χ0n) is 22.0. The Hall–Kier alpha value is -4.19. The zero-order chi connectivity index (χ0) is 26.9. The van der Waals surface area contributed by atoms with Gasteiger partial charge in [0.05, 0.1) is 18.2 Å². The number of hydrogen-bond donors (Lipinski definition) is 1. The van der Waals surface area contributed by atoms with Crippen molar-refractivity contribution in [2.45, 2.75) is 46.3 Å². The van der Waals surface area contributed by atoms with Crippen molar-refractivity contribution in [1.82, 2.24) is 0 Å². The van der Waals surface area contributed by atoms with Crippen LogP contribution in [0.15, 0.2) is 81.8 Å². The largest absolute Gasteiger partial charge is 0.507 e. The van der Waals surface area contributed by atoms with Crippen molar-refractivity contribution in [1.29, 1.82) is 0 Å². The van der Waals surface area contributed by atoms with Crippen LogP contribution in [0.1, 0.15) is 51.8 Å². The van der Waals surface area contributed by atoms with Crippen molar-refractivity contribution >= 4 is 17.0 Å². The number of ether oxygens (including phenoxy) is 3. The van der Waals surface area contributed by atoms with Crippen molar-refractivity contribution in [3.8, 4) is 28.6 Å². The first-order valence-electron chi connectivity index (χ1n) is 12.1. The molecule has 2 aromatic carbocycles. The molecule has 1 atom stereocenters. The van der Waals surface area contributed by atoms with Crippen molar-refractivity contribution in [2.75, 3.05) is 7.11 Å². The maximum absolute atomic E-state index is 14.2. The Morgan fingerprint density at radius 2 is 1.89 bits per heavy atom. The van der Waals surface area contributed by atoms with E-state index in [0.717, 1.165) is 5.57 Å². The zero-order valence-corrected chi connectivity index (χ0v) is 22.0. The molecule has 0 saturated heterocycles. The molecule has 1 aliphatic rings. The summed E-state index contributed by atoms with van der Waals surface area (Å²) in [4.78, 5) is 14.2. The van der Waals surface area contributed by atoms with Gasteiger partial charge in [0.2, 0.25) is 5.43 Å². The number of allylic oxidation sites excluding steroid dienone is 3. The lowest BCUT2D eigenvalue weighted by molar-refractivity contribution is 0.158. The predicted molar refractivity (Wildman–Crippen MR) is 147 cm³/mol. The van der Waals surface area contributed by atoms with Crippen LogP contribution in [0.25, 0.3) is 28.4 Å². The van der Waals surface area contributed by atoms with E-state index in [1.807, 2.05) is 65.0 Å². The summed E-state index contributed by atoms with van der Waals surface area (Å²) in [5.74, 6) is 1.72. The molecule has 0 spiro atoms. The second-order valence-corrected chi connectivity index (χ2v) is 9.63. The first-order chi connectivity index (χ1) is 17.6. The van der Waals surface area contributed by atoms with Gasteiger partial charge >= 0.3 is 0 Å². The van der Waals surface area contributed by atoms with Crippen molar-refractivity contribution < 1.29 is 23.7 Å². The van der Waals surface area contributed by atoms with Crippen LogP contribution < -0.4 is 14.9 Å². The molecule has 0 bridgehead atoms. The normalized spacial score (nSPS) is 14.9. The predicted octanol–water partition coefficient (Wildman–Crippen LogP) is 7.47. The lowest BCUT2D eigenvalue weighted by Crippen LogP contribution is -2.27. The number of aromatic hydroxyl groups is 1. The Balaban J connectivity index is 2.11. The third kappa shape index (κ3) is 5.05. The van der Waals surface area contributed by atoms with E-state index in [4.69, 9.17) is 18.6 Å². The average Bonchev–Trinajstić information content (AvgIpc) is 2.85. The van der Waals surface area contributed by atoms with E-state index in [9.17, 15) is 9.90 Å². The number of phenolic OH excluding ortho intramolecular Hbond substituents is 1. The molecule has 1 N–H and O–H groups in total. The van der Waals surface area contributed by atoms with Gasteiger partial charge in [-0.05, 0) is 89.3 Å². The number of methoxy groups -OCH3 is 1. The molecular formula is C31H32O6. The lowest BCUT2D eigenvalue weighted by Gasteiger charge is -2.28. The summed E-state index contributed by atoms with van der Waals surface area (Å²) >= 11 is 0. The van der Waals surface area contributed by atoms with Crippen LogP contribution in [0, 0.1) is 0 Å². The summed E-state index contributed by atoms with van der Waals surface area (Å²) in [6.07, 6.45) is 8.16. The van der Waals surface area contributed by atoms with Crippen LogP contribution in [0.4, 0.5) is 0 Å². The van der Waals surface area contributed by atoms with Crippen molar-refractivity contribution in [3.63, 3.8) is 0 Å². The van der Waals surface area contributed by atoms with E-state index in [-0.39, 0.29) is 22.3 Å². The second-order valence-electron chi connectivity index (χ2n) is 9.63. The molecule has 4 rings (SSSR count). The Bertz CT molecular complexity index is 1500. The molecule has 0 radical (unpaired) electrons. The maximum atomic E-state index is 14.2. The van der Waals surface area contributed by atoms with Gasteiger partial charge in [0.1, 0.15) is 45.9 Å². The van der Waals surface area contributed by atoms with Gasteiger partial charge in [0, 0.05) is 11.6 Å². The molecular weight excluding hydrogens is 468 g/mol. The van der Waals surface area contributed by atoms with Crippen LogP contribution in [0.5, 0.6) is 17.2 Å². The van der Waals surface area contributed by atoms with Gasteiger partial charge in [-0.3, -0.25) is 4.79 Å². The minimum absolute atomic E-state index is 0.0651. The Kier molecular flexibility index (Phi) is 7.03. The van der Waals surface area contributed by atoms with Gasteiger partial charge in [-0.25, -0.2) is 0 Å². The summed E-state index contributed by atoms with van der Waals surface area (Å²) in [6, 6.07) is 8.70. The van der Waals surface area contributed by atoms with E-state index < -0.39 is 17.1 Å². The van der Waals surface area contributed by atoms with Gasteiger partial charge in [-0.1, -0.05) is 12.2 Å². The van der Waals surface area contributed by atoms with Crippen molar-refractivity contribution in [3.05, 3.63) is 93.9 Å². The van der Waals surface area contributed by atoms with Gasteiger partial charge in [0.15, 0.2) is 5.58 Å². The number of benzene rings is 2. The Morgan fingerprint density at radius 1 is 1.19 bits per heavy atom. The quantitative estimate of drug-likeness (QED) is 0.206. The lowest BCUT2D eigenvalue weighted by atomic mass is 9.95. The van der Waals surface area contributed by atoms with Gasteiger partial charge < -0.3 is 23.7 Å². The third-order valence-electron chi connectivity index (χ3n) is 6.08. The average molecular weight is 501 g/mol. The number of fused-ring (bicyclic) bond motifs is 3. The molecule has 1 aliphatic heterocycles. The first-order valence-corrected chi connectivity index (χ1v) is 12.1. The van der Waals surface area contributed by atoms with E-state index in [2.05, 4.69) is 6.58 Å². The fourth-order valence-electron chi connectivity index (χ4n) is 4.28. The molecule has 1 aromatic heterocycles. The maximum Gasteiger partial charge on any atom is 0.204 e. The molecule has 0 saturated carbocycles. The Labute approximate surface area is 216 Å². The standard InChI is InChI=1S/C31H32O6/c1-8-20(9-2)35-25(16-18(3)4)27-28(33)26-23(32)17-24-22(14-15-31(5,6)37-24)30(26)36-29(27)19-10-12-21(34-7)13-11-19/h8-17,25,32H,1H2,2-7H3/b20-9+/t25-/m1/s1. The van der Waals surface area contributed by atoms with Crippen LogP contribution in [-0.4, -0.2) is 17.8 Å². The van der Waals surface area contributed by atoms with Crippen LogP contribution in [0.2, 0.25) is 0 Å². The topological polar surface area (TPSA) is 78.1 Å². The smallest absolute Gasteiger partial charge is 0.204 e. The SMILES string of the molecule is C=C/C(=C\C)O[C@H](C=C(C)C)c1c(-c2ccc(OC)cc2)oc2c3c(cc(O)c2c1=O)OC(C)(C)C=C3. The van der Waals surface area contributed by atoms with Crippen molar-refractivity contribution in [2.24, 2.45) is 0 Å². The highest BCUT2D eigenvalue weighted by atomic mass is 16.5. The van der Waals surface area contributed by atoms with Gasteiger partial charge in [-0.2, -0.15) is 0 Å². The van der Waals surface area contributed by atoms with E-state index in [1.165, 1.54) is 6.07 Å². The van der Waals surface area contributed by atoms with Crippen LogP contribution in [-0.2, 0) is 4.74 Å². The number of phenols is 1. The Morgan fingerprint density at radius 3 is 2.49 bits per heavy atom. The fraction of sp³-hybridized carbons (Fsp3) is 0.258. The van der Waals surface area contributed by atoms with E-state index in [1.54, 1.807) is 31.4 Å². The molecule has 6 heteroatoms. The third-order valence-corrected chi connectivity index (χ3v) is 6.08. The molecule has 0 amide bonds. The van der Waals surface area contributed by atoms with E-state index in [0.29, 0.717) is 34.1 Å². The summed E-state index contributed by atoms with van der Waals surface area (Å²) in [5.41, 5.74) is 1.73. The van der Waals surface area contributed by atoms with Crippen LogP contribution in [0.3, 0.4) is 0 Å². The summed E-state index contributed by atoms with van der Waals surface area (Å²) < 4.78 is 24.1. The summed E-state index contributed by atoms with van der Waals surface area (Å²) in [7, 11) is 1.59. The molecule has 6 nitrogen and oxygen atoms in total. The number of rotatable bonds is 7. The highest BCUT2D eigenvalue weighted by molar-refractivity contribution is 5.95. The minimum Gasteiger partial charge on any atom is -0.507 e. The molecule has 0 fully saturated rings. The minimum atomic E-state index is -0.798. The molecule has 2 heterocycles. The first kappa shape index (κ1) is 25.9. The van der Waals surface area contributed by atoms with E-state index >= 15 is 0 Å². The summed E-state index contributed by atoms with van der Waals surface area (Å²) in [6.45, 7) is 13.3. The highest BCUT2D eigenvalue weighted by Crippen LogP contribution is 2.43. The molecule has 192 valence electrons. The van der Waals surface area contributed by atoms with Gasteiger partial charge in [-0.15, -0.1) is 0 Å². The molecule has 37 heavy (non-hydrogen) atoms. The van der Waals surface area contributed by atoms with Crippen LogP contribution >= 0.6 is 0 Å². The highest BCUT2D eigenvalue weighted by Gasteiger charge is 2.30. The molecule has 3 aromatic rings. The molecule has 0 aliphatic carbocycles. The fourth-order valence-corrected chi connectivity index (χ4v) is 4.28. The monoisotopic (exact) mass is 500 g/mol. The number of hydrogen-bond acceptors (Lipinski definition) is 6. The second kappa shape index (κ2) is 10.1. The summed E-state index contributed by atoms with van der Waals surface area (Å²) in [5, 5.41) is 11.1. The molecule has 0 unspecified atom stereocenters. The van der Waals surface area contributed by atoms with Gasteiger partial charge in [0.25, 0.3) is 0 Å².